The minimum atomic E-state index is -0.286. The molecule has 0 aliphatic heterocycles. The van der Waals surface area contributed by atoms with Crippen LogP contribution in [0, 0.1) is 0 Å². The van der Waals surface area contributed by atoms with Crippen molar-refractivity contribution in [3.63, 3.8) is 0 Å². The number of halogens is 2. The molecule has 0 radical (unpaired) electrons. The van der Waals surface area contributed by atoms with E-state index in [-0.39, 0.29) is 24.6 Å². The third-order valence-electron chi connectivity index (χ3n) is 2.48. The Morgan fingerprint density at radius 2 is 2.06 bits per heavy atom. The van der Waals surface area contributed by atoms with Crippen LogP contribution in [-0.4, -0.2) is 23.9 Å². The lowest BCUT2D eigenvalue weighted by molar-refractivity contribution is 0.187. The van der Waals surface area contributed by atoms with Gasteiger partial charge in [-0.25, -0.2) is 0 Å². The van der Waals surface area contributed by atoms with E-state index in [1.807, 2.05) is 39.0 Å². The molecule has 0 saturated carbocycles. The molecule has 0 spiro atoms. The summed E-state index contributed by atoms with van der Waals surface area (Å²) < 4.78 is 6.59. The van der Waals surface area contributed by atoms with Gasteiger partial charge in [0.2, 0.25) is 0 Å². The lowest BCUT2D eigenvalue weighted by Crippen LogP contribution is -2.42. The van der Waals surface area contributed by atoms with Gasteiger partial charge in [-0.05, 0) is 39.0 Å². The molecule has 0 atom stereocenters. The van der Waals surface area contributed by atoms with E-state index in [1.165, 1.54) is 0 Å². The Hall–Kier alpha value is -0.290. The maximum Gasteiger partial charge on any atom is 0.123 e. The van der Waals surface area contributed by atoms with Crippen molar-refractivity contribution in [3.05, 3.63) is 28.2 Å². The average molecular weight is 339 g/mol. The minimum absolute atomic E-state index is 0. The van der Waals surface area contributed by atoms with E-state index in [9.17, 15) is 5.11 Å². The number of nitrogens with one attached hydrogen (secondary N) is 1. The van der Waals surface area contributed by atoms with Crippen molar-refractivity contribution in [3.8, 4) is 5.75 Å². The van der Waals surface area contributed by atoms with Gasteiger partial charge in [0, 0.05) is 22.1 Å². The first kappa shape index (κ1) is 17.7. The number of hydrogen-bond donors (Lipinski definition) is 2. The monoisotopic (exact) mass is 337 g/mol. The van der Waals surface area contributed by atoms with E-state index >= 15 is 0 Å². The summed E-state index contributed by atoms with van der Waals surface area (Å²) in [5.74, 6) is 0.886. The third kappa shape index (κ3) is 5.57. The standard InChI is InChI=1S/C13H20BrNO2.ClH/c1-4-17-12-6-5-11(14)7-10(12)8-15-13(2,3)9-16;/h5-7,15-16H,4,8-9H2,1-3H3;1H. The molecular formula is C13H21BrClNO2. The summed E-state index contributed by atoms with van der Waals surface area (Å²) >= 11 is 3.45. The molecule has 0 fully saturated rings. The van der Waals surface area contributed by atoms with Crippen molar-refractivity contribution in [2.75, 3.05) is 13.2 Å². The van der Waals surface area contributed by atoms with Crippen LogP contribution in [-0.2, 0) is 6.54 Å². The Labute approximate surface area is 123 Å². The van der Waals surface area contributed by atoms with Crippen molar-refractivity contribution in [2.45, 2.75) is 32.9 Å². The third-order valence-corrected chi connectivity index (χ3v) is 2.97. The van der Waals surface area contributed by atoms with Crippen molar-refractivity contribution >= 4 is 28.3 Å². The van der Waals surface area contributed by atoms with Crippen molar-refractivity contribution in [1.82, 2.24) is 5.32 Å². The van der Waals surface area contributed by atoms with Crippen LogP contribution in [0.2, 0.25) is 0 Å². The SMILES string of the molecule is CCOc1ccc(Br)cc1CNC(C)(C)CO.Cl. The predicted octanol–water partition coefficient (Wildman–Crippen LogP) is 3.13. The first-order valence-corrected chi connectivity index (χ1v) is 6.55. The molecule has 0 saturated heterocycles. The van der Waals surface area contributed by atoms with Gasteiger partial charge < -0.3 is 15.2 Å². The molecule has 5 heteroatoms. The molecule has 0 aliphatic carbocycles. The van der Waals surface area contributed by atoms with Gasteiger partial charge in [-0.3, -0.25) is 0 Å². The fourth-order valence-corrected chi connectivity index (χ4v) is 1.78. The largest absolute Gasteiger partial charge is 0.494 e. The van der Waals surface area contributed by atoms with E-state index in [1.54, 1.807) is 0 Å². The van der Waals surface area contributed by atoms with Crippen LogP contribution in [0.15, 0.2) is 22.7 Å². The van der Waals surface area contributed by atoms with E-state index in [2.05, 4.69) is 21.2 Å². The second-order valence-electron chi connectivity index (χ2n) is 4.58. The maximum atomic E-state index is 9.20. The van der Waals surface area contributed by atoms with Crippen molar-refractivity contribution < 1.29 is 9.84 Å². The molecule has 1 aromatic carbocycles. The molecule has 3 nitrogen and oxygen atoms in total. The molecular weight excluding hydrogens is 318 g/mol. The molecule has 0 aliphatic rings. The molecule has 0 unspecified atom stereocenters. The van der Waals surface area contributed by atoms with Gasteiger partial charge in [0.25, 0.3) is 0 Å². The van der Waals surface area contributed by atoms with Crippen molar-refractivity contribution in [2.24, 2.45) is 0 Å². The fourth-order valence-electron chi connectivity index (χ4n) is 1.37. The molecule has 2 N–H and O–H groups in total. The zero-order valence-corrected chi connectivity index (χ0v) is 13.4. The second-order valence-corrected chi connectivity index (χ2v) is 5.50. The second kappa shape index (κ2) is 8.00. The van der Waals surface area contributed by atoms with E-state index < -0.39 is 0 Å². The maximum absolute atomic E-state index is 9.20. The summed E-state index contributed by atoms with van der Waals surface area (Å²) in [4.78, 5) is 0. The minimum Gasteiger partial charge on any atom is -0.494 e. The summed E-state index contributed by atoms with van der Waals surface area (Å²) in [7, 11) is 0. The number of aliphatic hydroxyl groups excluding tert-OH is 1. The quantitative estimate of drug-likeness (QED) is 0.837. The Kier molecular flexibility index (Phi) is 7.87. The topological polar surface area (TPSA) is 41.5 Å². The van der Waals surface area contributed by atoms with E-state index in [4.69, 9.17) is 4.74 Å². The highest BCUT2D eigenvalue weighted by Gasteiger charge is 2.16. The molecule has 0 bridgehead atoms. The number of benzene rings is 1. The van der Waals surface area contributed by atoms with Gasteiger partial charge in [-0.1, -0.05) is 15.9 Å². The zero-order chi connectivity index (χ0) is 12.9. The molecule has 1 aromatic rings. The molecule has 104 valence electrons. The average Bonchev–Trinajstić information content (AvgIpc) is 2.30. The highest BCUT2D eigenvalue weighted by molar-refractivity contribution is 9.10. The van der Waals surface area contributed by atoms with Gasteiger partial charge >= 0.3 is 0 Å². The number of rotatable bonds is 6. The van der Waals surface area contributed by atoms with Gasteiger partial charge in [0.15, 0.2) is 0 Å². The van der Waals surface area contributed by atoms with Gasteiger partial charge in [-0.15, -0.1) is 12.4 Å². The summed E-state index contributed by atoms with van der Waals surface area (Å²) in [5.41, 5.74) is 0.800. The zero-order valence-electron chi connectivity index (χ0n) is 11.0. The Morgan fingerprint density at radius 1 is 1.39 bits per heavy atom. The number of hydrogen-bond acceptors (Lipinski definition) is 3. The van der Waals surface area contributed by atoms with E-state index in [0.717, 1.165) is 15.8 Å². The van der Waals surface area contributed by atoms with Crippen LogP contribution >= 0.6 is 28.3 Å². The Bertz CT molecular complexity index is 372. The molecule has 1 rings (SSSR count). The Balaban J connectivity index is 0.00000289. The molecule has 18 heavy (non-hydrogen) atoms. The van der Waals surface area contributed by atoms with Crippen molar-refractivity contribution in [1.29, 1.82) is 0 Å². The van der Waals surface area contributed by atoms with Gasteiger partial charge in [0.05, 0.1) is 13.2 Å². The predicted molar refractivity (Wildman–Crippen MR) is 80.6 cm³/mol. The highest BCUT2D eigenvalue weighted by Crippen LogP contribution is 2.23. The van der Waals surface area contributed by atoms with Crippen LogP contribution in [0.5, 0.6) is 5.75 Å². The first-order valence-electron chi connectivity index (χ1n) is 5.75. The summed E-state index contributed by atoms with van der Waals surface area (Å²) in [6.07, 6.45) is 0. The van der Waals surface area contributed by atoms with Crippen LogP contribution < -0.4 is 10.1 Å². The van der Waals surface area contributed by atoms with Crippen LogP contribution in [0.25, 0.3) is 0 Å². The molecule has 0 amide bonds. The lowest BCUT2D eigenvalue weighted by atomic mass is 10.1. The number of aliphatic hydroxyl groups is 1. The first-order chi connectivity index (χ1) is 7.98. The molecule has 0 heterocycles. The lowest BCUT2D eigenvalue weighted by Gasteiger charge is -2.24. The van der Waals surface area contributed by atoms with E-state index in [0.29, 0.717) is 13.2 Å². The number of ether oxygens (including phenoxy) is 1. The van der Waals surface area contributed by atoms with Crippen LogP contribution in [0.4, 0.5) is 0 Å². The van der Waals surface area contributed by atoms with Gasteiger partial charge in [0.1, 0.15) is 5.75 Å². The smallest absolute Gasteiger partial charge is 0.123 e. The summed E-state index contributed by atoms with van der Waals surface area (Å²) in [5, 5.41) is 12.5. The normalized spacial score (nSPS) is 10.9. The fraction of sp³-hybridized carbons (Fsp3) is 0.538. The highest BCUT2D eigenvalue weighted by atomic mass is 79.9. The Morgan fingerprint density at radius 3 is 2.61 bits per heavy atom. The van der Waals surface area contributed by atoms with Gasteiger partial charge in [-0.2, -0.15) is 0 Å². The summed E-state index contributed by atoms with van der Waals surface area (Å²) in [6.45, 7) is 7.32. The van der Waals surface area contributed by atoms with Crippen LogP contribution in [0.1, 0.15) is 26.3 Å². The summed E-state index contributed by atoms with van der Waals surface area (Å²) in [6, 6.07) is 5.95. The molecule has 0 aromatic heterocycles. The van der Waals surface area contributed by atoms with Crippen LogP contribution in [0.3, 0.4) is 0 Å².